The van der Waals surface area contributed by atoms with Gasteiger partial charge in [-0.05, 0) is 82.7 Å². The Hall–Kier alpha value is -3.06. The molecule has 2 aliphatic rings. The summed E-state index contributed by atoms with van der Waals surface area (Å²) in [7, 11) is 0. The number of nitrogens with one attached hydrogen (secondary N) is 1. The number of rotatable bonds is 12. The highest BCUT2D eigenvalue weighted by Crippen LogP contribution is 2.35. The molecule has 0 bridgehead atoms. The van der Waals surface area contributed by atoms with Gasteiger partial charge in [-0.3, -0.25) is 14.5 Å². The van der Waals surface area contributed by atoms with Gasteiger partial charge in [0.1, 0.15) is 6.04 Å². The van der Waals surface area contributed by atoms with Crippen LogP contribution in [0.3, 0.4) is 0 Å². The number of amides is 2. The molecule has 3 atom stereocenters. The van der Waals surface area contributed by atoms with Gasteiger partial charge in [0.25, 0.3) is 5.91 Å². The monoisotopic (exact) mass is 521 g/mol. The summed E-state index contributed by atoms with van der Waals surface area (Å²) in [5.74, 6) is 1.22. The maximum atomic E-state index is 13.5. The number of benzene rings is 2. The number of carbonyl (C=O) groups excluding carboxylic acids is 2. The summed E-state index contributed by atoms with van der Waals surface area (Å²) in [5, 5.41) is 3.13. The van der Waals surface area contributed by atoms with Crippen molar-refractivity contribution in [3.63, 3.8) is 0 Å². The number of piperidine rings is 1. The lowest BCUT2D eigenvalue weighted by Gasteiger charge is -2.39. The van der Waals surface area contributed by atoms with Crippen LogP contribution < -0.4 is 14.8 Å². The van der Waals surface area contributed by atoms with E-state index in [1.165, 1.54) is 19.3 Å². The van der Waals surface area contributed by atoms with Gasteiger partial charge in [0.05, 0.1) is 13.2 Å². The highest BCUT2D eigenvalue weighted by molar-refractivity contribution is 6.04. The third kappa shape index (κ3) is 6.32. The van der Waals surface area contributed by atoms with Gasteiger partial charge in [-0.1, -0.05) is 30.7 Å². The fraction of sp³-hybridized carbons (Fsp3) is 0.548. The Balaban J connectivity index is 1.41. The predicted octanol–water partition coefficient (Wildman–Crippen LogP) is 4.99. The van der Waals surface area contributed by atoms with Crippen molar-refractivity contribution in [2.24, 2.45) is 0 Å². The standard InChI is InChI=1S/C31H43N3O4/c1-5-37-27-16-15-24(21-28(27)38-6-2)17-20-34-29(25-13-7-8-14-26(25)31(34)36)30(35)32-18-10-19-33-22(3)11-9-12-23(33)4/h7-8,13-16,21-23,29H,5-6,9-12,17-20H2,1-4H3,(H,32,35)/t22-,23+,29-/m1/s1. The van der Waals surface area contributed by atoms with Gasteiger partial charge in [0.15, 0.2) is 11.5 Å². The Morgan fingerprint density at radius 1 is 0.974 bits per heavy atom. The first-order chi connectivity index (χ1) is 18.4. The summed E-state index contributed by atoms with van der Waals surface area (Å²) in [6, 6.07) is 13.9. The second-order valence-corrected chi connectivity index (χ2v) is 10.4. The molecule has 0 aliphatic carbocycles. The molecular weight excluding hydrogens is 478 g/mol. The number of fused-ring (bicyclic) bond motifs is 1. The SMILES string of the molecule is CCOc1ccc(CCN2C(=O)c3ccccc3[C@@H]2C(=O)NCCCN2[C@H](C)CCC[C@@H]2C)cc1OCC. The minimum Gasteiger partial charge on any atom is -0.490 e. The summed E-state index contributed by atoms with van der Waals surface area (Å²) in [5.41, 5.74) is 2.44. The normalized spacial score (nSPS) is 21.3. The first-order valence-electron chi connectivity index (χ1n) is 14.3. The van der Waals surface area contributed by atoms with Gasteiger partial charge in [-0.2, -0.15) is 0 Å². The van der Waals surface area contributed by atoms with Crippen molar-refractivity contribution in [1.29, 1.82) is 0 Å². The van der Waals surface area contributed by atoms with Crippen LogP contribution in [0.1, 0.15) is 80.9 Å². The highest BCUT2D eigenvalue weighted by Gasteiger charge is 2.40. The third-order valence-corrected chi connectivity index (χ3v) is 7.82. The zero-order valence-corrected chi connectivity index (χ0v) is 23.4. The van der Waals surface area contributed by atoms with Crippen molar-refractivity contribution >= 4 is 11.8 Å². The Morgan fingerprint density at radius 2 is 1.68 bits per heavy atom. The zero-order valence-electron chi connectivity index (χ0n) is 23.4. The van der Waals surface area contributed by atoms with Gasteiger partial charge in [0, 0.05) is 37.3 Å². The van der Waals surface area contributed by atoms with E-state index in [-0.39, 0.29) is 11.8 Å². The number of likely N-dealkylation sites (tertiary alicyclic amines) is 1. The molecule has 38 heavy (non-hydrogen) atoms. The van der Waals surface area contributed by atoms with Crippen LogP contribution in [0.4, 0.5) is 0 Å². The molecule has 0 radical (unpaired) electrons. The largest absolute Gasteiger partial charge is 0.490 e. The van der Waals surface area contributed by atoms with Gasteiger partial charge in [-0.25, -0.2) is 0 Å². The minimum absolute atomic E-state index is 0.0901. The van der Waals surface area contributed by atoms with E-state index in [9.17, 15) is 9.59 Å². The van der Waals surface area contributed by atoms with Crippen LogP contribution in [-0.4, -0.2) is 66.5 Å². The first-order valence-corrected chi connectivity index (χ1v) is 14.3. The maximum Gasteiger partial charge on any atom is 0.255 e. The second-order valence-electron chi connectivity index (χ2n) is 10.4. The van der Waals surface area contributed by atoms with E-state index in [4.69, 9.17) is 9.47 Å². The van der Waals surface area contributed by atoms with E-state index in [1.807, 2.05) is 56.3 Å². The predicted molar refractivity (Wildman–Crippen MR) is 150 cm³/mol. The first kappa shape index (κ1) is 28.0. The molecule has 2 aliphatic heterocycles. The topological polar surface area (TPSA) is 71.1 Å². The van der Waals surface area contributed by atoms with Crippen LogP contribution in [0.15, 0.2) is 42.5 Å². The summed E-state index contributed by atoms with van der Waals surface area (Å²) in [6.45, 7) is 11.6. The lowest BCUT2D eigenvalue weighted by molar-refractivity contribution is -0.125. The molecule has 1 saturated heterocycles. The molecule has 0 aromatic heterocycles. The summed E-state index contributed by atoms with van der Waals surface area (Å²) in [6.07, 6.45) is 5.29. The van der Waals surface area contributed by atoms with E-state index in [0.29, 0.717) is 61.9 Å². The van der Waals surface area contributed by atoms with Crippen LogP contribution in [0.2, 0.25) is 0 Å². The summed E-state index contributed by atoms with van der Waals surface area (Å²) < 4.78 is 11.5. The minimum atomic E-state index is -0.611. The fourth-order valence-corrected chi connectivity index (χ4v) is 5.87. The fourth-order valence-electron chi connectivity index (χ4n) is 5.87. The number of carbonyl (C=O) groups is 2. The number of hydrogen-bond donors (Lipinski definition) is 1. The lowest BCUT2D eigenvalue weighted by Crippen LogP contribution is -2.45. The molecule has 2 amide bonds. The van der Waals surface area contributed by atoms with Crippen molar-refractivity contribution in [1.82, 2.24) is 15.1 Å². The number of hydrogen-bond acceptors (Lipinski definition) is 5. The molecule has 1 fully saturated rings. The Kier molecular flexibility index (Phi) is 9.67. The Bertz CT molecular complexity index is 1090. The maximum absolute atomic E-state index is 13.5. The lowest BCUT2D eigenvalue weighted by atomic mass is 9.97. The van der Waals surface area contributed by atoms with E-state index < -0.39 is 6.04 Å². The molecule has 2 aromatic carbocycles. The van der Waals surface area contributed by atoms with E-state index in [0.717, 1.165) is 24.1 Å². The van der Waals surface area contributed by atoms with Crippen LogP contribution in [0, 0.1) is 0 Å². The third-order valence-electron chi connectivity index (χ3n) is 7.82. The quantitative estimate of drug-likeness (QED) is 0.399. The zero-order chi connectivity index (χ0) is 27.1. The van der Waals surface area contributed by atoms with Gasteiger partial charge in [-0.15, -0.1) is 0 Å². The molecule has 0 unspecified atom stereocenters. The van der Waals surface area contributed by atoms with Gasteiger partial charge >= 0.3 is 0 Å². The van der Waals surface area contributed by atoms with Crippen LogP contribution in [0.5, 0.6) is 11.5 Å². The molecule has 0 saturated carbocycles. The van der Waals surface area contributed by atoms with Crippen molar-refractivity contribution in [3.05, 3.63) is 59.2 Å². The Labute approximate surface area is 227 Å². The molecule has 7 nitrogen and oxygen atoms in total. The van der Waals surface area contributed by atoms with E-state index in [2.05, 4.69) is 24.1 Å². The molecule has 206 valence electrons. The molecule has 2 heterocycles. The molecule has 2 aromatic rings. The van der Waals surface area contributed by atoms with Gasteiger partial charge < -0.3 is 19.7 Å². The van der Waals surface area contributed by atoms with E-state index in [1.54, 1.807) is 4.90 Å². The Morgan fingerprint density at radius 3 is 2.42 bits per heavy atom. The van der Waals surface area contributed by atoms with Crippen LogP contribution >= 0.6 is 0 Å². The number of ether oxygens (including phenoxy) is 2. The van der Waals surface area contributed by atoms with Crippen LogP contribution in [0.25, 0.3) is 0 Å². The average molecular weight is 522 g/mol. The van der Waals surface area contributed by atoms with Crippen LogP contribution in [-0.2, 0) is 11.2 Å². The summed E-state index contributed by atoms with van der Waals surface area (Å²) in [4.78, 5) is 31.1. The van der Waals surface area contributed by atoms with Crippen molar-refractivity contribution in [3.8, 4) is 11.5 Å². The van der Waals surface area contributed by atoms with Crippen molar-refractivity contribution in [2.75, 3.05) is 32.8 Å². The van der Waals surface area contributed by atoms with Gasteiger partial charge in [0.2, 0.25) is 5.91 Å². The second kappa shape index (κ2) is 13.1. The molecule has 0 spiro atoms. The van der Waals surface area contributed by atoms with Crippen molar-refractivity contribution < 1.29 is 19.1 Å². The summed E-state index contributed by atoms with van der Waals surface area (Å²) >= 11 is 0. The van der Waals surface area contributed by atoms with Crippen molar-refractivity contribution in [2.45, 2.75) is 77.9 Å². The molecule has 7 heteroatoms. The molecule has 4 rings (SSSR count). The molecular formula is C31H43N3O4. The van der Waals surface area contributed by atoms with E-state index >= 15 is 0 Å². The smallest absolute Gasteiger partial charge is 0.255 e. The highest BCUT2D eigenvalue weighted by atomic mass is 16.5. The molecule has 1 N–H and O–H groups in total. The average Bonchev–Trinajstić information content (AvgIpc) is 3.19. The number of nitrogens with zero attached hydrogens (tertiary/aromatic N) is 2.